The third kappa shape index (κ3) is 5.18. The summed E-state index contributed by atoms with van der Waals surface area (Å²) < 4.78 is 19.3. The molecule has 132 valence electrons. The molecule has 0 bridgehead atoms. The monoisotopic (exact) mass is 337 g/mol. The SMILES string of the molecule is CC(C)(C)OC(=O)N1CC([C@H](F)C(=O)NCCc2ccccn2)C1. The number of ether oxygens (including phenoxy) is 1. The van der Waals surface area contributed by atoms with Crippen molar-refractivity contribution < 1.29 is 18.7 Å². The maximum Gasteiger partial charge on any atom is 0.410 e. The maximum atomic E-state index is 14.1. The number of likely N-dealkylation sites (tertiary alicyclic amines) is 1. The van der Waals surface area contributed by atoms with Crippen LogP contribution in [0.3, 0.4) is 0 Å². The predicted molar refractivity (Wildman–Crippen MR) is 87.1 cm³/mol. The summed E-state index contributed by atoms with van der Waals surface area (Å²) in [5, 5.41) is 2.57. The fourth-order valence-electron chi connectivity index (χ4n) is 2.34. The highest BCUT2D eigenvalue weighted by Crippen LogP contribution is 2.24. The first-order valence-corrected chi connectivity index (χ1v) is 8.06. The molecular formula is C17H24FN3O3. The van der Waals surface area contributed by atoms with Gasteiger partial charge in [-0.3, -0.25) is 9.78 Å². The van der Waals surface area contributed by atoms with Gasteiger partial charge >= 0.3 is 6.09 Å². The van der Waals surface area contributed by atoms with Crippen LogP contribution in [0.1, 0.15) is 26.5 Å². The molecule has 0 aliphatic carbocycles. The molecule has 24 heavy (non-hydrogen) atoms. The van der Waals surface area contributed by atoms with Crippen LogP contribution in [0.4, 0.5) is 9.18 Å². The second-order valence-corrected chi connectivity index (χ2v) is 6.91. The number of amides is 2. The van der Waals surface area contributed by atoms with Gasteiger partial charge in [0.15, 0.2) is 6.17 Å². The van der Waals surface area contributed by atoms with Crippen LogP contribution in [0.2, 0.25) is 0 Å². The first-order chi connectivity index (χ1) is 11.3. The number of halogens is 1. The van der Waals surface area contributed by atoms with Crippen LogP contribution in [-0.2, 0) is 16.0 Å². The van der Waals surface area contributed by atoms with Gasteiger partial charge in [0.05, 0.1) is 0 Å². The lowest BCUT2D eigenvalue weighted by Gasteiger charge is -2.40. The van der Waals surface area contributed by atoms with Crippen molar-refractivity contribution in [3.8, 4) is 0 Å². The third-order valence-corrected chi connectivity index (χ3v) is 3.63. The number of carbonyl (C=O) groups excluding carboxylic acids is 2. The van der Waals surface area contributed by atoms with Crippen molar-refractivity contribution in [2.24, 2.45) is 5.92 Å². The van der Waals surface area contributed by atoms with Crippen LogP contribution in [0.15, 0.2) is 24.4 Å². The van der Waals surface area contributed by atoms with Gasteiger partial charge in [0.2, 0.25) is 0 Å². The molecule has 0 aromatic carbocycles. The fourth-order valence-corrected chi connectivity index (χ4v) is 2.34. The molecule has 1 aromatic heterocycles. The van der Waals surface area contributed by atoms with Crippen LogP contribution in [0, 0.1) is 5.92 Å². The Kier molecular flexibility index (Phi) is 5.75. The van der Waals surface area contributed by atoms with Crippen LogP contribution in [0.25, 0.3) is 0 Å². The first kappa shape index (κ1) is 18.2. The summed E-state index contributed by atoms with van der Waals surface area (Å²) in [7, 11) is 0. The summed E-state index contributed by atoms with van der Waals surface area (Å²) in [5.74, 6) is -1.12. The molecule has 2 amide bonds. The molecule has 6 nitrogen and oxygen atoms in total. The summed E-state index contributed by atoms with van der Waals surface area (Å²) in [6.07, 6.45) is 0.136. The summed E-state index contributed by atoms with van der Waals surface area (Å²) in [5.41, 5.74) is 0.257. The number of hydrogen-bond acceptors (Lipinski definition) is 4. The zero-order valence-electron chi connectivity index (χ0n) is 14.3. The summed E-state index contributed by atoms with van der Waals surface area (Å²) in [6.45, 7) is 6.05. The Morgan fingerprint density at radius 1 is 1.42 bits per heavy atom. The van der Waals surface area contributed by atoms with E-state index < -0.39 is 29.7 Å². The lowest BCUT2D eigenvalue weighted by molar-refractivity contribution is -0.130. The van der Waals surface area contributed by atoms with Gasteiger partial charge in [-0.15, -0.1) is 0 Å². The molecule has 1 fully saturated rings. The van der Waals surface area contributed by atoms with Gasteiger partial charge in [0.25, 0.3) is 5.91 Å². The van der Waals surface area contributed by atoms with E-state index in [2.05, 4.69) is 10.3 Å². The zero-order chi connectivity index (χ0) is 17.7. The second-order valence-electron chi connectivity index (χ2n) is 6.91. The number of rotatable bonds is 5. The average molecular weight is 337 g/mol. The average Bonchev–Trinajstić information content (AvgIpc) is 2.44. The van der Waals surface area contributed by atoms with E-state index in [1.807, 2.05) is 18.2 Å². The fraction of sp³-hybridized carbons (Fsp3) is 0.588. The molecule has 2 rings (SSSR count). The molecule has 1 atom stereocenters. The number of hydrogen-bond donors (Lipinski definition) is 1. The van der Waals surface area contributed by atoms with Crippen molar-refractivity contribution in [1.82, 2.24) is 15.2 Å². The molecule has 0 spiro atoms. The van der Waals surface area contributed by atoms with E-state index in [0.29, 0.717) is 13.0 Å². The first-order valence-electron chi connectivity index (χ1n) is 8.06. The largest absolute Gasteiger partial charge is 0.444 e. The van der Waals surface area contributed by atoms with E-state index in [4.69, 9.17) is 4.74 Å². The van der Waals surface area contributed by atoms with E-state index in [0.717, 1.165) is 5.69 Å². The van der Waals surface area contributed by atoms with Gasteiger partial charge in [0, 0.05) is 43.9 Å². The molecule has 1 aliphatic rings. The Labute approximate surface area is 141 Å². The van der Waals surface area contributed by atoms with E-state index in [-0.39, 0.29) is 13.1 Å². The molecule has 1 aliphatic heterocycles. The summed E-state index contributed by atoms with van der Waals surface area (Å²) in [6, 6.07) is 5.53. The Bertz CT molecular complexity index is 568. The van der Waals surface area contributed by atoms with Crippen LogP contribution >= 0.6 is 0 Å². The number of carbonyl (C=O) groups is 2. The topological polar surface area (TPSA) is 71.5 Å². The molecule has 1 saturated heterocycles. The number of aromatic nitrogens is 1. The number of alkyl halides is 1. The van der Waals surface area contributed by atoms with Gasteiger partial charge in [-0.2, -0.15) is 0 Å². The highest BCUT2D eigenvalue weighted by atomic mass is 19.1. The van der Waals surface area contributed by atoms with Crippen molar-refractivity contribution in [2.75, 3.05) is 19.6 Å². The van der Waals surface area contributed by atoms with Crippen molar-refractivity contribution in [3.05, 3.63) is 30.1 Å². The number of nitrogens with one attached hydrogen (secondary N) is 1. The van der Waals surface area contributed by atoms with Crippen molar-refractivity contribution in [1.29, 1.82) is 0 Å². The molecule has 1 aromatic rings. The number of pyridine rings is 1. The predicted octanol–water partition coefficient (Wildman–Crippen LogP) is 1.95. The van der Waals surface area contributed by atoms with Crippen molar-refractivity contribution >= 4 is 12.0 Å². The minimum Gasteiger partial charge on any atom is -0.444 e. The zero-order valence-corrected chi connectivity index (χ0v) is 14.3. The molecule has 0 unspecified atom stereocenters. The van der Waals surface area contributed by atoms with E-state index in [1.54, 1.807) is 27.0 Å². The van der Waals surface area contributed by atoms with Crippen LogP contribution < -0.4 is 5.32 Å². The Morgan fingerprint density at radius 3 is 2.71 bits per heavy atom. The van der Waals surface area contributed by atoms with Gasteiger partial charge < -0.3 is 15.0 Å². The van der Waals surface area contributed by atoms with Crippen molar-refractivity contribution in [2.45, 2.75) is 39.0 Å². The number of nitrogens with zero attached hydrogens (tertiary/aromatic N) is 2. The molecule has 7 heteroatoms. The smallest absolute Gasteiger partial charge is 0.410 e. The highest BCUT2D eigenvalue weighted by Gasteiger charge is 2.41. The highest BCUT2D eigenvalue weighted by molar-refractivity contribution is 5.81. The van der Waals surface area contributed by atoms with Gasteiger partial charge in [-0.05, 0) is 32.9 Å². The van der Waals surface area contributed by atoms with Gasteiger partial charge in [-0.1, -0.05) is 6.07 Å². The maximum absolute atomic E-state index is 14.1. The summed E-state index contributed by atoms with van der Waals surface area (Å²) in [4.78, 5) is 29.2. The molecule has 2 heterocycles. The summed E-state index contributed by atoms with van der Waals surface area (Å²) >= 11 is 0. The Balaban J connectivity index is 1.68. The van der Waals surface area contributed by atoms with Crippen molar-refractivity contribution in [3.63, 3.8) is 0 Å². The quantitative estimate of drug-likeness (QED) is 0.891. The minimum atomic E-state index is -1.62. The lowest BCUT2D eigenvalue weighted by atomic mass is 9.94. The third-order valence-electron chi connectivity index (χ3n) is 3.63. The molecule has 0 saturated carbocycles. The van der Waals surface area contributed by atoms with Gasteiger partial charge in [-0.25, -0.2) is 9.18 Å². The van der Waals surface area contributed by atoms with E-state index >= 15 is 0 Å². The van der Waals surface area contributed by atoms with E-state index in [9.17, 15) is 14.0 Å². The molecule has 0 radical (unpaired) electrons. The van der Waals surface area contributed by atoms with Crippen LogP contribution in [0.5, 0.6) is 0 Å². The standard InChI is InChI=1S/C17H24FN3O3/c1-17(2,3)24-16(23)21-10-12(11-21)14(18)15(22)20-9-7-13-6-4-5-8-19-13/h4-6,8,12,14H,7,9-11H2,1-3H3,(H,20,22)/t14-/m0/s1. The van der Waals surface area contributed by atoms with Gasteiger partial charge in [0.1, 0.15) is 5.60 Å². The Morgan fingerprint density at radius 2 is 2.12 bits per heavy atom. The lowest BCUT2D eigenvalue weighted by Crippen LogP contribution is -2.57. The molecular weight excluding hydrogens is 313 g/mol. The molecule has 1 N–H and O–H groups in total. The Hall–Kier alpha value is -2.18. The second kappa shape index (κ2) is 7.59. The normalized spacial score (nSPS) is 16.2. The van der Waals surface area contributed by atoms with E-state index in [1.165, 1.54) is 4.90 Å². The van der Waals surface area contributed by atoms with Crippen LogP contribution in [-0.4, -0.2) is 53.3 Å². The minimum absolute atomic E-state index is 0.198.